The van der Waals surface area contributed by atoms with Crippen LogP contribution < -0.4 is 5.32 Å². The van der Waals surface area contributed by atoms with Gasteiger partial charge >= 0.3 is 6.18 Å². The number of hydrogen-bond donors (Lipinski definition) is 1. The molecule has 0 aromatic heterocycles. The maximum atomic E-state index is 13.2. The smallest absolute Gasteiger partial charge is 0.338 e. The Hall–Kier alpha value is -0.790. The Morgan fingerprint density at radius 3 is 2.74 bits per heavy atom. The molecule has 8 heteroatoms. The molecule has 1 aromatic rings. The van der Waals surface area contributed by atoms with Crippen LogP contribution in [-0.4, -0.2) is 36.5 Å². The van der Waals surface area contributed by atoms with Crippen molar-refractivity contribution in [1.29, 1.82) is 0 Å². The second kappa shape index (κ2) is 6.99. The van der Waals surface area contributed by atoms with E-state index < -0.39 is 17.6 Å². The van der Waals surface area contributed by atoms with Crippen molar-refractivity contribution in [2.45, 2.75) is 25.1 Å². The average Bonchev–Trinajstić information content (AvgIpc) is 2.93. The maximum absolute atomic E-state index is 13.2. The second-order valence-electron chi connectivity index (χ2n) is 5.84. The minimum Gasteiger partial charge on any atom is -0.338 e. The van der Waals surface area contributed by atoms with Crippen molar-refractivity contribution in [3.8, 4) is 0 Å². The topological polar surface area (TPSA) is 32.3 Å². The minimum atomic E-state index is -4.54. The number of rotatable bonds is 1. The predicted molar refractivity (Wildman–Crippen MR) is 86.8 cm³/mol. The third kappa shape index (κ3) is 3.83. The number of carbonyl (C=O) groups is 1. The summed E-state index contributed by atoms with van der Waals surface area (Å²) in [7, 11) is 0. The highest BCUT2D eigenvalue weighted by Gasteiger charge is 2.39. The van der Waals surface area contributed by atoms with Crippen LogP contribution in [-0.2, 0) is 6.18 Å². The molecule has 1 amide bonds. The molecule has 2 heterocycles. The first kappa shape index (κ1) is 18.5. The third-order valence-corrected chi connectivity index (χ3v) is 4.95. The standard InChI is InChI=1S/C15H16BrF3N2O.ClH/c16-10-1-2-11(12(7-10)15(17,18)19)14(22)21-6-4-13-9(8-21)3-5-20-13;/h1-2,7,9,13,20H,3-6,8H2;1H. The number of benzene rings is 1. The molecule has 2 aliphatic heterocycles. The van der Waals surface area contributed by atoms with Crippen molar-refractivity contribution < 1.29 is 18.0 Å². The summed E-state index contributed by atoms with van der Waals surface area (Å²) in [6, 6.07) is 4.11. The zero-order valence-corrected chi connectivity index (χ0v) is 14.6. The number of amides is 1. The summed E-state index contributed by atoms with van der Waals surface area (Å²) in [6.07, 6.45) is -2.77. The van der Waals surface area contributed by atoms with E-state index in [2.05, 4.69) is 21.2 Å². The van der Waals surface area contributed by atoms with Gasteiger partial charge in [-0.15, -0.1) is 12.4 Å². The van der Waals surface area contributed by atoms with Crippen molar-refractivity contribution in [2.75, 3.05) is 19.6 Å². The summed E-state index contributed by atoms with van der Waals surface area (Å²) in [5.41, 5.74) is -1.14. The highest BCUT2D eigenvalue weighted by molar-refractivity contribution is 9.10. The molecule has 1 N–H and O–H groups in total. The molecule has 2 atom stereocenters. The number of fused-ring (bicyclic) bond motifs is 1. The van der Waals surface area contributed by atoms with Crippen LogP contribution in [0, 0.1) is 5.92 Å². The largest absolute Gasteiger partial charge is 0.417 e. The molecule has 0 aliphatic carbocycles. The Balaban J connectivity index is 0.00000192. The van der Waals surface area contributed by atoms with Gasteiger partial charge in [0.2, 0.25) is 0 Å². The summed E-state index contributed by atoms with van der Waals surface area (Å²) >= 11 is 3.04. The molecule has 0 radical (unpaired) electrons. The van der Waals surface area contributed by atoms with Crippen molar-refractivity contribution in [2.24, 2.45) is 5.92 Å². The van der Waals surface area contributed by atoms with E-state index in [0.717, 1.165) is 25.5 Å². The van der Waals surface area contributed by atoms with Crippen LogP contribution in [0.1, 0.15) is 28.8 Å². The maximum Gasteiger partial charge on any atom is 0.417 e. The SMILES string of the molecule is Cl.O=C(c1ccc(Br)cc1C(F)(F)F)N1CCC2NCCC2C1. The number of halogens is 5. The first-order chi connectivity index (χ1) is 10.4. The lowest BCUT2D eigenvalue weighted by Gasteiger charge is -2.35. The summed E-state index contributed by atoms with van der Waals surface area (Å²) in [4.78, 5) is 14.1. The zero-order chi connectivity index (χ0) is 15.9. The lowest BCUT2D eigenvalue weighted by molar-refractivity contribution is -0.138. The molecule has 1 aromatic carbocycles. The highest BCUT2D eigenvalue weighted by atomic mass is 79.9. The molecule has 23 heavy (non-hydrogen) atoms. The minimum absolute atomic E-state index is 0. The fourth-order valence-electron chi connectivity index (χ4n) is 3.34. The van der Waals surface area contributed by atoms with Crippen molar-refractivity contribution in [1.82, 2.24) is 10.2 Å². The van der Waals surface area contributed by atoms with Gasteiger partial charge in [-0.25, -0.2) is 0 Å². The van der Waals surface area contributed by atoms with Gasteiger partial charge in [0.1, 0.15) is 0 Å². The lowest BCUT2D eigenvalue weighted by atomic mass is 9.92. The van der Waals surface area contributed by atoms with E-state index in [9.17, 15) is 18.0 Å². The van der Waals surface area contributed by atoms with Crippen molar-refractivity contribution in [3.05, 3.63) is 33.8 Å². The van der Waals surface area contributed by atoms with Gasteiger partial charge in [0.05, 0.1) is 11.1 Å². The molecule has 3 nitrogen and oxygen atoms in total. The number of nitrogens with one attached hydrogen (secondary N) is 1. The Kier molecular flexibility index (Phi) is 5.63. The molecule has 2 fully saturated rings. The van der Waals surface area contributed by atoms with Crippen LogP contribution in [0.4, 0.5) is 13.2 Å². The van der Waals surface area contributed by atoms with E-state index in [-0.39, 0.29) is 18.0 Å². The van der Waals surface area contributed by atoms with E-state index in [0.29, 0.717) is 29.5 Å². The third-order valence-electron chi connectivity index (χ3n) is 4.46. The number of alkyl halides is 3. The lowest BCUT2D eigenvalue weighted by Crippen LogP contribution is -2.47. The second-order valence-corrected chi connectivity index (χ2v) is 6.75. The average molecular weight is 414 g/mol. The monoisotopic (exact) mass is 412 g/mol. The van der Waals surface area contributed by atoms with Gasteiger partial charge < -0.3 is 10.2 Å². The molecular formula is C15H17BrClF3N2O. The summed E-state index contributed by atoms with van der Waals surface area (Å²) in [5, 5.41) is 3.38. The van der Waals surface area contributed by atoms with Crippen LogP contribution in [0.25, 0.3) is 0 Å². The van der Waals surface area contributed by atoms with Crippen molar-refractivity contribution in [3.63, 3.8) is 0 Å². The Labute approximate surface area is 147 Å². The van der Waals surface area contributed by atoms with Gasteiger partial charge in [-0.1, -0.05) is 15.9 Å². The van der Waals surface area contributed by atoms with Gasteiger partial charge in [0.25, 0.3) is 5.91 Å². The normalized spacial score (nSPS) is 24.1. The van der Waals surface area contributed by atoms with Crippen LogP contribution >= 0.6 is 28.3 Å². The molecule has 128 valence electrons. The van der Waals surface area contributed by atoms with Crippen LogP contribution in [0.3, 0.4) is 0 Å². The van der Waals surface area contributed by atoms with E-state index in [1.54, 1.807) is 4.90 Å². The van der Waals surface area contributed by atoms with Crippen molar-refractivity contribution >= 4 is 34.2 Å². The summed E-state index contributed by atoms with van der Waals surface area (Å²) < 4.78 is 39.8. The highest BCUT2D eigenvalue weighted by Crippen LogP contribution is 2.35. The van der Waals surface area contributed by atoms with E-state index in [1.165, 1.54) is 12.1 Å². The number of likely N-dealkylation sites (tertiary alicyclic amines) is 1. The molecule has 0 saturated carbocycles. The molecule has 2 unspecified atom stereocenters. The molecule has 0 bridgehead atoms. The fourth-order valence-corrected chi connectivity index (χ4v) is 3.70. The number of piperidine rings is 1. The van der Waals surface area contributed by atoms with Gasteiger partial charge in [-0.2, -0.15) is 13.2 Å². The molecule has 2 aliphatic rings. The number of hydrogen-bond acceptors (Lipinski definition) is 2. The van der Waals surface area contributed by atoms with Gasteiger partial charge in [0, 0.05) is 23.6 Å². The van der Waals surface area contributed by atoms with Crippen LogP contribution in [0.2, 0.25) is 0 Å². The van der Waals surface area contributed by atoms with E-state index in [4.69, 9.17) is 0 Å². The molecule has 3 rings (SSSR count). The molecular weight excluding hydrogens is 397 g/mol. The van der Waals surface area contributed by atoms with Gasteiger partial charge in [-0.3, -0.25) is 4.79 Å². The Morgan fingerprint density at radius 2 is 2.04 bits per heavy atom. The van der Waals surface area contributed by atoms with Crippen LogP contribution in [0.5, 0.6) is 0 Å². The van der Waals surface area contributed by atoms with Crippen LogP contribution in [0.15, 0.2) is 22.7 Å². The van der Waals surface area contributed by atoms with E-state index >= 15 is 0 Å². The zero-order valence-electron chi connectivity index (χ0n) is 12.2. The molecule has 0 spiro atoms. The molecule has 2 saturated heterocycles. The van der Waals surface area contributed by atoms with Gasteiger partial charge in [-0.05, 0) is 43.5 Å². The van der Waals surface area contributed by atoms with Gasteiger partial charge in [0.15, 0.2) is 0 Å². The quantitative estimate of drug-likeness (QED) is 0.761. The predicted octanol–water partition coefficient (Wildman–Crippen LogP) is 3.71. The summed E-state index contributed by atoms with van der Waals surface area (Å²) in [5.74, 6) is -0.173. The number of nitrogens with zero attached hydrogens (tertiary/aromatic N) is 1. The summed E-state index contributed by atoms with van der Waals surface area (Å²) in [6.45, 7) is 1.95. The Bertz CT molecular complexity index is 597. The first-order valence-electron chi connectivity index (χ1n) is 7.25. The Morgan fingerprint density at radius 1 is 1.30 bits per heavy atom. The first-order valence-corrected chi connectivity index (χ1v) is 8.05. The fraction of sp³-hybridized carbons (Fsp3) is 0.533. The number of carbonyl (C=O) groups excluding carboxylic acids is 1. The van der Waals surface area contributed by atoms with E-state index in [1.807, 2.05) is 0 Å².